The Hall–Kier alpha value is -4.81. The van der Waals surface area contributed by atoms with Gasteiger partial charge < -0.3 is 0 Å². The van der Waals surface area contributed by atoms with Crippen molar-refractivity contribution in [2.24, 2.45) is 0 Å². The summed E-state index contributed by atoms with van der Waals surface area (Å²) in [4.78, 5) is 13.2. The van der Waals surface area contributed by atoms with Crippen LogP contribution in [0.5, 0.6) is 0 Å². The minimum atomic E-state index is -0.141. The molecule has 0 N–H and O–H groups in total. The quantitative estimate of drug-likeness (QED) is 0.186. The summed E-state index contributed by atoms with van der Waals surface area (Å²) < 4.78 is 0. The normalized spacial score (nSPS) is 13.3. The van der Waals surface area contributed by atoms with Crippen LogP contribution in [0, 0.1) is 6.57 Å². The van der Waals surface area contributed by atoms with E-state index in [4.69, 9.17) is 11.6 Å². The lowest BCUT2D eigenvalue weighted by Crippen LogP contribution is -2.15. The van der Waals surface area contributed by atoms with Gasteiger partial charge in [-0.3, -0.25) is 4.98 Å². The zero-order chi connectivity index (χ0) is 25.1. The maximum absolute atomic E-state index is 7.22. The lowest BCUT2D eigenvalue weighted by Gasteiger charge is -2.22. The van der Waals surface area contributed by atoms with Gasteiger partial charge in [-0.15, -0.1) is 0 Å². The highest BCUT2D eigenvalue weighted by molar-refractivity contribution is 6.03. The van der Waals surface area contributed by atoms with E-state index in [0.29, 0.717) is 5.69 Å². The topological polar surface area (TPSA) is 30.1 Å². The standard InChI is InChI=1S/C34H23N3/c1-34(2)29-19-24(21-8-13-26(35-3)14-9-21)10-15-27(29)28-16-11-25(20-30(28)34)31-17-12-23-7-6-22-5-4-18-36-32(22)33(23)37-31/h4-20H,1-2H3. The summed E-state index contributed by atoms with van der Waals surface area (Å²) in [7, 11) is 0. The lowest BCUT2D eigenvalue weighted by atomic mass is 9.81. The molecule has 0 aliphatic heterocycles. The fraction of sp³-hybridized carbons (Fsp3) is 0.0882. The molecule has 0 spiro atoms. The maximum atomic E-state index is 7.22. The Kier molecular flexibility index (Phi) is 4.55. The van der Waals surface area contributed by atoms with Crippen molar-refractivity contribution in [1.29, 1.82) is 0 Å². The predicted molar refractivity (Wildman–Crippen MR) is 152 cm³/mol. The minimum Gasteiger partial charge on any atom is -0.254 e. The Morgan fingerprint density at radius 2 is 1.27 bits per heavy atom. The van der Waals surface area contributed by atoms with Crippen molar-refractivity contribution >= 4 is 27.5 Å². The summed E-state index contributed by atoms with van der Waals surface area (Å²) in [5, 5.41) is 2.20. The maximum Gasteiger partial charge on any atom is 0.187 e. The number of fused-ring (bicyclic) bond motifs is 6. The van der Waals surface area contributed by atoms with Gasteiger partial charge in [-0.1, -0.05) is 86.6 Å². The highest BCUT2D eigenvalue weighted by atomic mass is 14.8. The minimum absolute atomic E-state index is 0.141. The number of aromatic nitrogens is 2. The smallest absolute Gasteiger partial charge is 0.187 e. The van der Waals surface area contributed by atoms with E-state index in [-0.39, 0.29) is 5.41 Å². The van der Waals surface area contributed by atoms with Crippen LogP contribution in [0.1, 0.15) is 25.0 Å². The first-order valence-corrected chi connectivity index (χ1v) is 12.5. The van der Waals surface area contributed by atoms with E-state index in [0.717, 1.165) is 38.6 Å². The van der Waals surface area contributed by atoms with Gasteiger partial charge in [0, 0.05) is 27.9 Å². The van der Waals surface area contributed by atoms with Crippen LogP contribution >= 0.6 is 0 Å². The van der Waals surface area contributed by atoms with E-state index < -0.39 is 0 Å². The number of pyridine rings is 2. The Balaban J connectivity index is 1.33. The van der Waals surface area contributed by atoms with Crippen LogP contribution < -0.4 is 0 Å². The summed E-state index contributed by atoms with van der Waals surface area (Å²) in [6.45, 7) is 11.8. The molecule has 0 bridgehead atoms. The molecule has 0 amide bonds. The van der Waals surface area contributed by atoms with Gasteiger partial charge in [0.15, 0.2) is 5.69 Å². The molecule has 1 aliphatic rings. The van der Waals surface area contributed by atoms with Crippen molar-refractivity contribution in [3.63, 3.8) is 0 Å². The van der Waals surface area contributed by atoms with Crippen molar-refractivity contribution in [2.45, 2.75) is 19.3 Å². The summed E-state index contributed by atoms with van der Waals surface area (Å²) in [6, 6.07) is 33.9. The van der Waals surface area contributed by atoms with Gasteiger partial charge in [-0.05, 0) is 57.6 Å². The van der Waals surface area contributed by atoms with E-state index in [1.807, 2.05) is 36.5 Å². The molecule has 6 aromatic rings. The number of hydrogen-bond donors (Lipinski definition) is 0. The Morgan fingerprint density at radius 3 is 2.00 bits per heavy atom. The third-order valence-electron chi connectivity index (χ3n) is 7.73. The van der Waals surface area contributed by atoms with Crippen LogP contribution in [0.3, 0.4) is 0 Å². The summed E-state index contributed by atoms with van der Waals surface area (Å²) in [6.07, 6.45) is 1.83. The van der Waals surface area contributed by atoms with E-state index >= 15 is 0 Å². The third kappa shape index (κ3) is 3.27. The van der Waals surface area contributed by atoms with Gasteiger partial charge in [0.25, 0.3) is 0 Å². The van der Waals surface area contributed by atoms with E-state index in [1.165, 1.54) is 27.8 Å². The Labute approximate surface area is 215 Å². The van der Waals surface area contributed by atoms with Gasteiger partial charge >= 0.3 is 0 Å². The molecule has 174 valence electrons. The first-order valence-electron chi connectivity index (χ1n) is 12.5. The zero-order valence-electron chi connectivity index (χ0n) is 20.7. The molecular formula is C34H23N3. The lowest BCUT2D eigenvalue weighted by molar-refractivity contribution is 0.661. The van der Waals surface area contributed by atoms with Crippen molar-refractivity contribution in [3.05, 3.63) is 126 Å². The van der Waals surface area contributed by atoms with Gasteiger partial charge in [-0.25, -0.2) is 9.83 Å². The summed E-state index contributed by atoms with van der Waals surface area (Å²) in [5.74, 6) is 0. The molecule has 2 heterocycles. The van der Waals surface area contributed by atoms with Gasteiger partial charge in [0.05, 0.1) is 23.3 Å². The largest absolute Gasteiger partial charge is 0.254 e. The van der Waals surface area contributed by atoms with Crippen molar-refractivity contribution in [2.75, 3.05) is 0 Å². The zero-order valence-corrected chi connectivity index (χ0v) is 20.7. The molecule has 1 aliphatic carbocycles. The Bertz CT molecular complexity index is 1910. The molecule has 7 rings (SSSR count). The fourth-order valence-corrected chi connectivity index (χ4v) is 5.69. The first kappa shape index (κ1) is 21.5. The van der Waals surface area contributed by atoms with E-state index in [2.05, 4.69) is 90.4 Å². The van der Waals surface area contributed by atoms with Gasteiger partial charge in [-0.2, -0.15) is 0 Å². The van der Waals surface area contributed by atoms with Crippen LogP contribution in [0.4, 0.5) is 5.69 Å². The average molecular weight is 474 g/mol. The van der Waals surface area contributed by atoms with Crippen LogP contribution in [0.2, 0.25) is 0 Å². The second-order valence-electron chi connectivity index (χ2n) is 10.2. The van der Waals surface area contributed by atoms with Gasteiger partial charge in [0.1, 0.15) is 0 Å². The number of hydrogen-bond acceptors (Lipinski definition) is 2. The molecule has 37 heavy (non-hydrogen) atoms. The third-order valence-corrected chi connectivity index (χ3v) is 7.73. The summed E-state index contributed by atoms with van der Waals surface area (Å²) >= 11 is 0. The van der Waals surface area contributed by atoms with Crippen molar-refractivity contribution in [1.82, 2.24) is 9.97 Å². The van der Waals surface area contributed by atoms with E-state index in [1.54, 1.807) is 0 Å². The molecule has 3 nitrogen and oxygen atoms in total. The molecular weight excluding hydrogens is 450 g/mol. The van der Waals surface area contributed by atoms with Crippen molar-refractivity contribution in [3.8, 4) is 33.5 Å². The first-order chi connectivity index (χ1) is 18.0. The second-order valence-corrected chi connectivity index (χ2v) is 10.2. The number of rotatable bonds is 2. The second kappa shape index (κ2) is 7.85. The molecule has 0 fully saturated rings. The number of nitrogens with zero attached hydrogens (tertiary/aromatic N) is 3. The monoisotopic (exact) mass is 473 g/mol. The highest BCUT2D eigenvalue weighted by Crippen LogP contribution is 2.50. The SMILES string of the molecule is [C-]#[N+]c1ccc(-c2ccc3c(c2)C(C)(C)c2cc(-c4ccc5ccc6cccnc6c5n4)ccc2-3)cc1. The Morgan fingerprint density at radius 1 is 0.649 bits per heavy atom. The molecule has 3 heteroatoms. The van der Waals surface area contributed by atoms with Crippen LogP contribution in [-0.2, 0) is 5.41 Å². The molecule has 0 unspecified atom stereocenters. The van der Waals surface area contributed by atoms with Gasteiger partial charge in [0.2, 0.25) is 0 Å². The summed E-state index contributed by atoms with van der Waals surface area (Å²) in [5.41, 5.74) is 12.0. The highest BCUT2D eigenvalue weighted by Gasteiger charge is 2.36. The molecule has 0 saturated heterocycles. The predicted octanol–water partition coefficient (Wildman–Crippen LogP) is 8.97. The van der Waals surface area contributed by atoms with Crippen LogP contribution in [0.15, 0.2) is 103 Å². The average Bonchev–Trinajstić information content (AvgIpc) is 3.18. The fourth-order valence-electron chi connectivity index (χ4n) is 5.69. The molecule has 0 atom stereocenters. The van der Waals surface area contributed by atoms with Crippen LogP contribution in [0.25, 0.3) is 60.2 Å². The van der Waals surface area contributed by atoms with E-state index in [9.17, 15) is 0 Å². The molecule has 4 aromatic carbocycles. The molecule has 0 saturated carbocycles. The number of benzene rings is 4. The molecule has 0 radical (unpaired) electrons. The van der Waals surface area contributed by atoms with Crippen molar-refractivity contribution < 1.29 is 0 Å². The molecule has 2 aromatic heterocycles. The van der Waals surface area contributed by atoms with Crippen LogP contribution in [-0.4, -0.2) is 9.97 Å².